The standard InChI is InChI=1S/C29H38N4O4/c1-2-37-29(35)27(31-36)26-28(34)33(25-10-6-5-9-24(25)30-26)23-16-20-11-12-21(17-23)32(20)22-14-18-7-3-4-8-19(13-18)15-22/h5-6,9-10,18-23,36H,2-4,7-8,11-17H2,1H3/t18?,19?,20-,21+,22?,23+. The number of hydrogen-bond donors (Lipinski definition) is 1. The van der Waals surface area contributed by atoms with E-state index in [0.717, 1.165) is 30.2 Å². The molecule has 0 spiro atoms. The van der Waals surface area contributed by atoms with Crippen LogP contribution in [0, 0.1) is 11.8 Å². The largest absolute Gasteiger partial charge is 0.461 e. The summed E-state index contributed by atoms with van der Waals surface area (Å²) in [5.74, 6) is 0.929. The van der Waals surface area contributed by atoms with E-state index < -0.39 is 11.7 Å². The van der Waals surface area contributed by atoms with Crippen molar-refractivity contribution in [2.75, 3.05) is 6.61 Å². The lowest BCUT2D eigenvalue weighted by molar-refractivity contribution is -0.135. The first kappa shape index (κ1) is 24.6. The van der Waals surface area contributed by atoms with Gasteiger partial charge in [0.15, 0.2) is 5.69 Å². The average molecular weight is 507 g/mol. The number of piperidine rings is 1. The van der Waals surface area contributed by atoms with Crippen LogP contribution in [-0.2, 0) is 9.53 Å². The summed E-state index contributed by atoms with van der Waals surface area (Å²) in [6.45, 7) is 1.79. The fourth-order valence-electron chi connectivity index (χ4n) is 8.16. The van der Waals surface area contributed by atoms with Crippen molar-refractivity contribution >= 4 is 22.7 Å². The van der Waals surface area contributed by atoms with Gasteiger partial charge < -0.3 is 14.5 Å². The van der Waals surface area contributed by atoms with Crippen LogP contribution in [0.5, 0.6) is 0 Å². The number of nitrogens with zero attached hydrogens (tertiary/aromatic N) is 4. The van der Waals surface area contributed by atoms with Crippen molar-refractivity contribution in [2.45, 2.75) is 102 Å². The first-order valence-electron chi connectivity index (χ1n) is 14.3. The molecule has 1 aromatic carbocycles. The third-order valence-electron chi connectivity index (χ3n) is 9.49. The van der Waals surface area contributed by atoms with Gasteiger partial charge in [-0.25, -0.2) is 9.78 Å². The Hall–Kier alpha value is -2.74. The minimum atomic E-state index is -0.843. The maximum atomic E-state index is 13.9. The first-order chi connectivity index (χ1) is 18.1. The summed E-state index contributed by atoms with van der Waals surface area (Å²) in [5.41, 5.74) is 0.399. The van der Waals surface area contributed by atoms with Crippen molar-refractivity contribution in [3.63, 3.8) is 0 Å². The number of para-hydroxylation sites is 2. The molecule has 3 heterocycles. The highest BCUT2D eigenvalue weighted by atomic mass is 16.5. The van der Waals surface area contributed by atoms with Gasteiger partial charge in [-0.15, -0.1) is 0 Å². The van der Waals surface area contributed by atoms with Crippen molar-refractivity contribution in [1.82, 2.24) is 14.5 Å². The maximum Gasteiger partial charge on any atom is 0.362 e. The van der Waals surface area contributed by atoms with E-state index in [1.807, 2.05) is 28.8 Å². The van der Waals surface area contributed by atoms with Crippen LogP contribution in [0.25, 0.3) is 11.0 Å². The molecule has 4 fully saturated rings. The van der Waals surface area contributed by atoms with Crippen LogP contribution >= 0.6 is 0 Å². The number of ether oxygens (including phenoxy) is 1. The third kappa shape index (κ3) is 4.47. The fraction of sp³-hybridized carbons (Fsp3) is 0.655. The second-order valence-electron chi connectivity index (χ2n) is 11.6. The predicted octanol–water partition coefficient (Wildman–Crippen LogP) is 4.66. The Morgan fingerprint density at radius 1 is 0.973 bits per heavy atom. The average Bonchev–Trinajstić information content (AvgIpc) is 3.05. The van der Waals surface area contributed by atoms with Crippen LogP contribution in [-0.4, -0.2) is 56.1 Å². The third-order valence-corrected chi connectivity index (χ3v) is 9.49. The number of hydrogen-bond acceptors (Lipinski definition) is 7. The Kier molecular flexibility index (Phi) is 6.78. The number of esters is 1. The molecule has 8 nitrogen and oxygen atoms in total. The van der Waals surface area contributed by atoms with Gasteiger partial charge in [-0.05, 0) is 75.8 Å². The highest BCUT2D eigenvalue weighted by Gasteiger charge is 2.47. The van der Waals surface area contributed by atoms with E-state index in [4.69, 9.17) is 4.74 Å². The summed E-state index contributed by atoms with van der Waals surface area (Å²) in [5, 5.41) is 12.8. The Morgan fingerprint density at radius 3 is 2.30 bits per heavy atom. The van der Waals surface area contributed by atoms with Crippen molar-refractivity contribution in [3.8, 4) is 0 Å². The molecule has 8 heteroatoms. The summed E-state index contributed by atoms with van der Waals surface area (Å²) in [7, 11) is 0. The van der Waals surface area contributed by atoms with Crippen molar-refractivity contribution in [2.24, 2.45) is 17.0 Å². The molecular formula is C29H38N4O4. The van der Waals surface area contributed by atoms with E-state index in [0.29, 0.717) is 23.6 Å². The van der Waals surface area contributed by atoms with Gasteiger partial charge in [0.25, 0.3) is 5.56 Å². The molecule has 5 atom stereocenters. The van der Waals surface area contributed by atoms with Gasteiger partial charge in [-0.2, -0.15) is 0 Å². The summed E-state index contributed by atoms with van der Waals surface area (Å²) in [6, 6.07) is 9.19. The lowest BCUT2D eigenvalue weighted by atomic mass is 9.76. The molecule has 2 aliphatic heterocycles. The molecule has 2 aliphatic carbocycles. The minimum Gasteiger partial charge on any atom is -0.461 e. The monoisotopic (exact) mass is 506 g/mol. The number of carbonyl (C=O) groups excluding carboxylic acids is 1. The quantitative estimate of drug-likeness (QED) is 0.274. The summed E-state index contributed by atoms with van der Waals surface area (Å²) in [6.07, 6.45) is 13.9. The van der Waals surface area contributed by atoms with Gasteiger partial charge in [-0.1, -0.05) is 43.0 Å². The Labute approximate surface area is 217 Å². The Balaban J connectivity index is 1.33. The Morgan fingerprint density at radius 2 is 1.65 bits per heavy atom. The number of benzene rings is 1. The zero-order chi connectivity index (χ0) is 25.5. The van der Waals surface area contributed by atoms with Crippen LogP contribution in [0.3, 0.4) is 0 Å². The van der Waals surface area contributed by atoms with E-state index in [2.05, 4.69) is 15.0 Å². The van der Waals surface area contributed by atoms with Crippen LogP contribution < -0.4 is 5.56 Å². The number of oxime groups is 1. The topological polar surface area (TPSA) is 97.0 Å². The van der Waals surface area contributed by atoms with E-state index in [1.165, 1.54) is 57.8 Å². The van der Waals surface area contributed by atoms with Gasteiger partial charge in [-0.3, -0.25) is 9.69 Å². The van der Waals surface area contributed by atoms with Crippen LogP contribution in [0.2, 0.25) is 0 Å². The van der Waals surface area contributed by atoms with Gasteiger partial charge in [0, 0.05) is 24.2 Å². The molecule has 2 saturated carbocycles. The lowest BCUT2D eigenvalue weighted by Gasteiger charge is -2.48. The van der Waals surface area contributed by atoms with Crippen molar-refractivity contribution < 1.29 is 14.7 Å². The molecule has 0 amide bonds. The zero-order valence-electron chi connectivity index (χ0n) is 21.7. The molecule has 0 radical (unpaired) electrons. The van der Waals surface area contributed by atoms with Gasteiger partial charge >= 0.3 is 5.97 Å². The zero-order valence-corrected chi connectivity index (χ0v) is 21.7. The maximum absolute atomic E-state index is 13.9. The number of carbonyl (C=O) groups is 1. The minimum absolute atomic E-state index is 0.0147. The lowest BCUT2D eigenvalue weighted by Crippen LogP contribution is -2.52. The van der Waals surface area contributed by atoms with Crippen LogP contribution in [0.1, 0.15) is 89.3 Å². The van der Waals surface area contributed by atoms with E-state index >= 15 is 0 Å². The molecule has 1 aromatic heterocycles. The van der Waals surface area contributed by atoms with E-state index in [-0.39, 0.29) is 23.9 Å². The first-order valence-corrected chi connectivity index (χ1v) is 14.3. The normalized spacial score (nSPS) is 32.3. The molecular weight excluding hydrogens is 468 g/mol. The number of aromatic nitrogens is 2. The van der Waals surface area contributed by atoms with Gasteiger partial charge in [0.05, 0.1) is 17.6 Å². The summed E-state index contributed by atoms with van der Waals surface area (Å²) >= 11 is 0. The van der Waals surface area contributed by atoms with Gasteiger partial charge in [0.1, 0.15) is 0 Å². The SMILES string of the molecule is CCOC(=O)C(=NO)c1nc2ccccc2n([C@H]2C[C@H]3CC[C@@H](C2)N3C2CC3CCCCC(C3)C2)c1=O. The molecule has 37 heavy (non-hydrogen) atoms. The van der Waals surface area contributed by atoms with E-state index in [1.54, 1.807) is 6.92 Å². The summed E-state index contributed by atoms with van der Waals surface area (Å²) < 4.78 is 6.87. The highest BCUT2D eigenvalue weighted by molar-refractivity contribution is 6.42. The number of rotatable bonds is 5. The van der Waals surface area contributed by atoms with Crippen molar-refractivity contribution in [3.05, 3.63) is 40.3 Å². The molecule has 2 unspecified atom stereocenters. The molecule has 4 bridgehead atoms. The molecule has 1 N–H and O–H groups in total. The molecule has 2 saturated heterocycles. The number of fused-ring (bicyclic) bond motifs is 5. The predicted molar refractivity (Wildman–Crippen MR) is 141 cm³/mol. The highest BCUT2D eigenvalue weighted by Crippen LogP contribution is 2.47. The fourth-order valence-corrected chi connectivity index (χ4v) is 8.16. The molecule has 2 aromatic rings. The van der Waals surface area contributed by atoms with Crippen LogP contribution in [0.15, 0.2) is 34.2 Å². The van der Waals surface area contributed by atoms with Crippen LogP contribution in [0.4, 0.5) is 0 Å². The Bertz CT molecular complexity index is 1230. The smallest absolute Gasteiger partial charge is 0.362 e. The second kappa shape index (κ2) is 10.2. The molecule has 4 aliphatic rings. The van der Waals surface area contributed by atoms with Crippen molar-refractivity contribution in [1.29, 1.82) is 0 Å². The molecule has 198 valence electrons. The second-order valence-corrected chi connectivity index (χ2v) is 11.6. The summed E-state index contributed by atoms with van der Waals surface area (Å²) in [4.78, 5) is 33.7. The van der Waals surface area contributed by atoms with E-state index in [9.17, 15) is 14.8 Å². The van der Waals surface area contributed by atoms with Gasteiger partial charge in [0.2, 0.25) is 5.71 Å². The molecule has 6 rings (SSSR count).